The second-order valence-corrected chi connectivity index (χ2v) is 7.81. The average molecular weight is 401 g/mol. The molecule has 1 N–H and O–H groups in total. The van der Waals surface area contributed by atoms with Crippen LogP contribution in [0.2, 0.25) is 0 Å². The Bertz CT molecular complexity index is 729. The van der Waals surface area contributed by atoms with E-state index in [4.69, 9.17) is 0 Å². The molecule has 1 heterocycles. The summed E-state index contributed by atoms with van der Waals surface area (Å²) in [6.07, 6.45) is 2.59. The van der Waals surface area contributed by atoms with Crippen molar-refractivity contribution < 1.29 is 4.79 Å². The quantitative estimate of drug-likeness (QED) is 0.766. The van der Waals surface area contributed by atoms with Gasteiger partial charge in [-0.1, -0.05) is 31.2 Å². The summed E-state index contributed by atoms with van der Waals surface area (Å²) >= 11 is 3.44. The molecular formula is C21H25BrN2O. The van der Waals surface area contributed by atoms with Gasteiger partial charge in [-0.25, -0.2) is 0 Å². The topological polar surface area (TPSA) is 32.3 Å². The fraction of sp³-hybridized carbons (Fsp3) is 0.381. The van der Waals surface area contributed by atoms with Crippen LogP contribution in [0.15, 0.2) is 53.0 Å². The van der Waals surface area contributed by atoms with Crippen LogP contribution in [0.5, 0.6) is 0 Å². The Morgan fingerprint density at radius 3 is 2.60 bits per heavy atom. The van der Waals surface area contributed by atoms with Crippen molar-refractivity contribution in [2.45, 2.75) is 32.7 Å². The average Bonchev–Trinajstić information content (AvgIpc) is 2.62. The van der Waals surface area contributed by atoms with E-state index in [2.05, 4.69) is 57.3 Å². The summed E-state index contributed by atoms with van der Waals surface area (Å²) in [7, 11) is 0. The molecule has 1 amide bonds. The number of carbonyl (C=O) groups is 1. The van der Waals surface area contributed by atoms with Gasteiger partial charge in [0.1, 0.15) is 0 Å². The first-order valence-electron chi connectivity index (χ1n) is 8.95. The van der Waals surface area contributed by atoms with Crippen LogP contribution in [-0.2, 0) is 0 Å². The van der Waals surface area contributed by atoms with Gasteiger partial charge in [0, 0.05) is 23.2 Å². The van der Waals surface area contributed by atoms with Crippen LogP contribution in [0.1, 0.15) is 48.7 Å². The lowest BCUT2D eigenvalue weighted by Gasteiger charge is -2.33. The third kappa shape index (κ3) is 4.43. The lowest BCUT2D eigenvalue weighted by Crippen LogP contribution is -2.34. The highest BCUT2D eigenvalue weighted by Crippen LogP contribution is 2.25. The Labute approximate surface area is 158 Å². The Hall–Kier alpha value is -1.81. The number of rotatable bonds is 4. The molecule has 2 atom stereocenters. The molecule has 132 valence electrons. The molecule has 1 aliphatic heterocycles. The maximum absolute atomic E-state index is 12.5. The summed E-state index contributed by atoms with van der Waals surface area (Å²) in [5.74, 6) is 0.699. The third-order valence-electron chi connectivity index (χ3n) is 4.88. The molecule has 0 aliphatic carbocycles. The summed E-state index contributed by atoms with van der Waals surface area (Å²) < 4.78 is 0.814. The smallest absolute Gasteiger partial charge is 0.252 e. The van der Waals surface area contributed by atoms with Crippen LogP contribution < -0.4 is 10.2 Å². The predicted octanol–water partition coefficient (Wildman–Crippen LogP) is 5.18. The lowest BCUT2D eigenvalue weighted by molar-refractivity contribution is 0.0939. The molecule has 1 fully saturated rings. The molecule has 0 aromatic heterocycles. The van der Waals surface area contributed by atoms with Gasteiger partial charge >= 0.3 is 0 Å². The largest absolute Gasteiger partial charge is 0.371 e. The second kappa shape index (κ2) is 8.05. The maximum Gasteiger partial charge on any atom is 0.252 e. The van der Waals surface area contributed by atoms with E-state index in [9.17, 15) is 4.79 Å². The number of hydrogen-bond acceptors (Lipinski definition) is 2. The van der Waals surface area contributed by atoms with Crippen molar-refractivity contribution in [3.8, 4) is 0 Å². The highest BCUT2D eigenvalue weighted by atomic mass is 79.9. The molecule has 3 nitrogen and oxygen atoms in total. The predicted molar refractivity (Wildman–Crippen MR) is 107 cm³/mol. The molecule has 0 saturated carbocycles. The summed E-state index contributed by atoms with van der Waals surface area (Å²) in [6, 6.07) is 16.1. The zero-order valence-electron chi connectivity index (χ0n) is 14.8. The minimum Gasteiger partial charge on any atom is -0.371 e. The maximum atomic E-state index is 12.5. The molecular weight excluding hydrogens is 376 g/mol. The molecule has 0 bridgehead atoms. The second-order valence-electron chi connectivity index (χ2n) is 6.96. The van der Waals surface area contributed by atoms with E-state index in [0.29, 0.717) is 5.56 Å². The first-order chi connectivity index (χ1) is 12.0. The SMILES string of the molecule is CC1CCCN(c2ccc(C(C)NC(=O)c3ccccc3Br)cc2)C1. The summed E-state index contributed by atoms with van der Waals surface area (Å²) in [5.41, 5.74) is 3.06. The Morgan fingerprint density at radius 2 is 1.92 bits per heavy atom. The number of carbonyl (C=O) groups excluding carboxylic acids is 1. The van der Waals surface area contributed by atoms with Gasteiger partial charge in [-0.05, 0) is 71.4 Å². The standard InChI is InChI=1S/C21H25BrN2O/c1-15-6-5-13-24(14-15)18-11-9-17(10-12-18)16(2)23-21(25)19-7-3-4-8-20(19)22/h3-4,7-12,15-16H,5-6,13-14H2,1-2H3,(H,23,25). The summed E-state index contributed by atoms with van der Waals surface area (Å²) in [5, 5.41) is 3.08. The zero-order chi connectivity index (χ0) is 17.8. The number of halogens is 1. The number of nitrogens with zero attached hydrogens (tertiary/aromatic N) is 1. The molecule has 0 spiro atoms. The van der Waals surface area contributed by atoms with E-state index in [1.807, 2.05) is 31.2 Å². The van der Waals surface area contributed by atoms with Crippen LogP contribution >= 0.6 is 15.9 Å². The van der Waals surface area contributed by atoms with E-state index in [0.717, 1.165) is 29.0 Å². The van der Waals surface area contributed by atoms with Gasteiger partial charge in [0.2, 0.25) is 0 Å². The third-order valence-corrected chi connectivity index (χ3v) is 5.57. The highest BCUT2D eigenvalue weighted by molar-refractivity contribution is 9.10. The van der Waals surface area contributed by atoms with E-state index in [-0.39, 0.29) is 11.9 Å². The molecule has 1 saturated heterocycles. The van der Waals surface area contributed by atoms with Gasteiger partial charge in [-0.2, -0.15) is 0 Å². The number of anilines is 1. The number of benzene rings is 2. The van der Waals surface area contributed by atoms with Crippen LogP contribution in [0, 0.1) is 5.92 Å². The monoisotopic (exact) mass is 400 g/mol. The number of hydrogen-bond donors (Lipinski definition) is 1. The van der Waals surface area contributed by atoms with Crippen LogP contribution in [0.3, 0.4) is 0 Å². The molecule has 4 heteroatoms. The Balaban J connectivity index is 1.65. The molecule has 3 rings (SSSR count). The van der Waals surface area contributed by atoms with Crippen LogP contribution in [-0.4, -0.2) is 19.0 Å². The van der Waals surface area contributed by atoms with Crippen molar-refractivity contribution in [2.24, 2.45) is 5.92 Å². The van der Waals surface area contributed by atoms with Gasteiger partial charge in [0.25, 0.3) is 5.91 Å². The van der Waals surface area contributed by atoms with Crippen molar-refractivity contribution in [3.05, 3.63) is 64.1 Å². The Kier molecular flexibility index (Phi) is 5.79. The van der Waals surface area contributed by atoms with Crippen molar-refractivity contribution >= 4 is 27.5 Å². The minimum atomic E-state index is -0.0612. The number of amides is 1. The number of nitrogens with one attached hydrogen (secondary N) is 1. The van der Waals surface area contributed by atoms with Gasteiger partial charge in [-0.3, -0.25) is 4.79 Å². The molecule has 2 unspecified atom stereocenters. The first kappa shape index (κ1) is 18.0. The van der Waals surface area contributed by atoms with Gasteiger partial charge in [0.15, 0.2) is 0 Å². The zero-order valence-corrected chi connectivity index (χ0v) is 16.4. The van der Waals surface area contributed by atoms with E-state index in [1.54, 1.807) is 0 Å². The normalized spacial score (nSPS) is 18.7. The first-order valence-corrected chi connectivity index (χ1v) is 9.74. The van der Waals surface area contributed by atoms with Crippen molar-refractivity contribution in [1.82, 2.24) is 5.32 Å². The minimum absolute atomic E-state index is 0.0334. The van der Waals surface area contributed by atoms with Gasteiger partial charge in [0.05, 0.1) is 11.6 Å². The fourth-order valence-electron chi connectivity index (χ4n) is 3.40. The van der Waals surface area contributed by atoms with Crippen molar-refractivity contribution in [2.75, 3.05) is 18.0 Å². The molecule has 0 radical (unpaired) electrons. The van der Waals surface area contributed by atoms with Crippen LogP contribution in [0.25, 0.3) is 0 Å². The van der Waals surface area contributed by atoms with Crippen molar-refractivity contribution in [3.63, 3.8) is 0 Å². The highest BCUT2D eigenvalue weighted by Gasteiger charge is 2.17. The Morgan fingerprint density at radius 1 is 1.20 bits per heavy atom. The summed E-state index contributed by atoms with van der Waals surface area (Å²) in [4.78, 5) is 14.9. The molecule has 2 aromatic rings. The van der Waals surface area contributed by atoms with E-state index < -0.39 is 0 Å². The molecule has 2 aromatic carbocycles. The molecule has 1 aliphatic rings. The fourth-order valence-corrected chi connectivity index (χ4v) is 3.87. The number of piperidine rings is 1. The lowest BCUT2D eigenvalue weighted by atomic mass is 9.99. The summed E-state index contributed by atoms with van der Waals surface area (Å²) in [6.45, 7) is 6.61. The van der Waals surface area contributed by atoms with Gasteiger partial charge < -0.3 is 10.2 Å². The van der Waals surface area contributed by atoms with Crippen LogP contribution in [0.4, 0.5) is 5.69 Å². The molecule has 25 heavy (non-hydrogen) atoms. The van der Waals surface area contributed by atoms with E-state index in [1.165, 1.54) is 18.5 Å². The van der Waals surface area contributed by atoms with Crippen molar-refractivity contribution in [1.29, 1.82) is 0 Å². The van der Waals surface area contributed by atoms with E-state index >= 15 is 0 Å². The van der Waals surface area contributed by atoms with Gasteiger partial charge in [-0.15, -0.1) is 0 Å².